The zero-order valence-corrected chi connectivity index (χ0v) is 14.2. The molecule has 8 heteroatoms. The Labute approximate surface area is 151 Å². The summed E-state index contributed by atoms with van der Waals surface area (Å²) in [5.41, 5.74) is 1.37. The van der Waals surface area contributed by atoms with Crippen molar-refractivity contribution in [3.05, 3.63) is 64.9 Å². The van der Waals surface area contributed by atoms with Crippen molar-refractivity contribution in [3.63, 3.8) is 0 Å². The summed E-state index contributed by atoms with van der Waals surface area (Å²) in [7, 11) is 0. The highest BCUT2D eigenvalue weighted by Gasteiger charge is 2.18. The first kappa shape index (κ1) is 15.6. The van der Waals surface area contributed by atoms with Crippen LogP contribution in [0.25, 0.3) is 22.2 Å². The van der Waals surface area contributed by atoms with E-state index >= 15 is 0 Å². The molecule has 0 unspecified atom stereocenters. The molecule has 0 saturated heterocycles. The van der Waals surface area contributed by atoms with Crippen LogP contribution in [0, 0.1) is 0 Å². The van der Waals surface area contributed by atoms with Gasteiger partial charge in [-0.05, 0) is 47.8 Å². The summed E-state index contributed by atoms with van der Waals surface area (Å²) < 4.78 is 10.4. The van der Waals surface area contributed by atoms with Crippen LogP contribution < -0.4 is 5.32 Å². The largest absolute Gasteiger partial charge is 0.459 e. The summed E-state index contributed by atoms with van der Waals surface area (Å²) in [6, 6.07) is 12.1. The molecule has 0 radical (unpaired) electrons. The highest BCUT2D eigenvalue weighted by Crippen LogP contribution is 2.34. The maximum atomic E-state index is 12.1. The zero-order chi connectivity index (χ0) is 17.2. The molecule has 3 aromatic heterocycles. The molecule has 0 atom stereocenters. The number of hydrogen-bond donors (Lipinski definition) is 1. The second-order valence-electron chi connectivity index (χ2n) is 5.02. The molecule has 0 spiro atoms. The number of aromatic nitrogens is 2. The molecule has 4 rings (SSSR count). The van der Waals surface area contributed by atoms with Gasteiger partial charge in [-0.1, -0.05) is 16.8 Å². The molecule has 0 aliphatic rings. The Balaban J connectivity index is 1.60. The third-order valence-corrected chi connectivity index (χ3v) is 4.54. The predicted molar refractivity (Wildman–Crippen MR) is 94.7 cm³/mol. The number of hydrogen-bond acceptors (Lipinski definition) is 6. The quantitative estimate of drug-likeness (QED) is 0.548. The fourth-order valence-electron chi connectivity index (χ4n) is 2.20. The Bertz CT molecular complexity index is 1010. The zero-order valence-electron chi connectivity index (χ0n) is 12.6. The highest BCUT2D eigenvalue weighted by molar-refractivity contribution is 7.14. The average molecular weight is 372 g/mol. The number of furan rings is 1. The molecule has 0 bridgehead atoms. The number of nitrogens with zero attached hydrogens (tertiary/aromatic N) is 2. The minimum absolute atomic E-state index is 0.226. The number of carbonyl (C=O) groups is 1. The maximum absolute atomic E-state index is 12.1. The topological polar surface area (TPSA) is 81.2 Å². The van der Waals surface area contributed by atoms with Gasteiger partial charge in [0.1, 0.15) is 4.88 Å². The Morgan fingerprint density at radius 2 is 2.00 bits per heavy atom. The van der Waals surface area contributed by atoms with Crippen molar-refractivity contribution in [2.75, 3.05) is 5.32 Å². The minimum Gasteiger partial charge on any atom is -0.459 e. The lowest BCUT2D eigenvalue weighted by Crippen LogP contribution is -2.10. The van der Waals surface area contributed by atoms with Crippen molar-refractivity contribution in [1.82, 2.24) is 10.1 Å². The van der Waals surface area contributed by atoms with Gasteiger partial charge in [-0.2, -0.15) is 4.98 Å². The van der Waals surface area contributed by atoms with Crippen molar-refractivity contribution in [3.8, 4) is 22.2 Å². The number of carbonyl (C=O) groups excluding carboxylic acids is 1. The third-order valence-electron chi connectivity index (χ3n) is 3.38. The molecule has 3 heterocycles. The van der Waals surface area contributed by atoms with Gasteiger partial charge in [0.25, 0.3) is 11.8 Å². The van der Waals surface area contributed by atoms with E-state index in [0.29, 0.717) is 27.3 Å². The first-order chi connectivity index (χ1) is 12.2. The van der Waals surface area contributed by atoms with Crippen LogP contribution in [-0.2, 0) is 0 Å². The first-order valence-electron chi connectivity index (χ1n) is 7.23. The Morgan fingerprint density at radius 1 is 1.16 bits per heavy atom. The second-order valence-corrected chi connectivity index (χ2v) is 6.38. The Kier molecular flexibility index (Phi) is 4.09. The summed E-state index contributed by atoms with van der Waals surface area (Å²) in [4.78, 5) is 17.2. The summed E-state index contributed by atoms with van der Waals surface area (Å²) in [6.07, 6.45) is 1.44. The van der Waals surface area contributed by atoms with Crippen molar-refractivity contribution >= 4 is 34.5 Å². The van der Waals surface area contributed by atoms with E-state index in [-0.39, 0.29) is 11.7 Å². The minimum atomic E-state index is -0.345. The van der Waals surface area contributed by atoms with Crippen molar-refractivity contribution < 1.29 is 13.7 Å². The number of anilines is 1. The molecule has 4 aromatic rings. The summed E-state index contributed by atoms with van der Waals surface area (Å²) in [6.45, 7) is 0. The van der Waals surface area contributed by atoms with Crippen LogP contribution in [0.5, 0.6) is 0 Å². The second kappa shape index (κ2) is 6.54. The van der Waals surface area contributed by atoms with Gasteiger partial charge in [0, 0.05) is 10.6 Å². The van der Waals surface area contributed by atoms with Crippen molar-refractivity contribution in [2.45, 2.75) is 0 Å². The number of benzene rings is 1. The lowest BCUT2D eigenvalue weighted by Gasteiger charge is -2.01. The fourth-order valence-corrected chi connectivity index (χ4v) is 3.09. The summed E-state index contributed by atoms with van der Waals surface area (Å²) in [5, 5.41) is 9.23. The highest BCUT2D eigenvalue weighted by atomic mass is 35.5. The molecule has 0 aliphatic carbocycles. The van der Waals surface area contributed by atoms with Gasteiger partial charge in [0.15, 0.2) is 5.76 Å². The van der Waals surface area contributed by atoms with E-state index in [4.69, 9.17) is 20.5 Å². The van der Waals surface area contributed by atoms with Crippen LogP contribution in [0.1, 0.15) is 10.6 Å². The molecule has 1 N–H and O–H groups in total. The van der Waals surface area contributed by atoms with E-state index in [2.05, 4.69) is 15.5 Å². The van der Waals surface area contributed by atoms with E-state index in [1.807, 2.05) is 17.5 Å². The Hall–Kier alpha value is -2.90. The molecule has 25 heavy (non-hydrogen) atoms. The van der Waals surface area contributed by atoms with Gasteiger partial charge >= 0.3 is 0 Å². The molecular formula is C17H10ClN3O3S. The van der Waals surface area contributed by atoms with Gasteiger partial charge in [0.05, 0.1) is 12.0 Å². The fraction of sp³-hybridized carbons (Fsp3) is 0. The standard InChI is InChI=1S/C17H10ClN3O3S/c18-11-5-3-10(4-6-11)15-20-17(24-21-15)14-12(7-9-25-14)19-16(22)13-2-1-8-23-13/h1-9H,(H,19,22). The van der Waals surface area contributed by atoms with Crippen LogP contribution in [-0.4, -0.2) is 16.0 Å². The predicted octanol–water partition coefficient (Wildman–Crippen LogP) is 4.96. The van der Waals surface area contributed by atoms with Crippen LogP contribution >= 0.6 is 22.9 Å². The SMILES string of the molecule is O=C(Nc1ccsc1-c1nc(-c2ccc(Cl)cc2)no1)c1ccco1. The Morgan fingerprint density at radius 3 is 2.76 bits per heavy atom. The molecule has 1 aromatic carbocycles. The van der Waals surface area contributed by atoms with Crippen LogP contribution in [0.4, 0.5) is 5.69 Å². The molecular weight excluding hydrogens is 362 g/mol. The first-order valence-corrected chi connectivity index (χ1v) is 8.49. The number of nitrogens with one attached hydrogen (secondary N) is 1. The molecule has 0 saturated carbocycles. The van der Waals surface area contributed by atoms with E-state index in [1.165, 1.54) is 17.6 Å². The molecule has 6 nitrogen and oxygen atoms in total. The number of thiophene rings is 1. The van der Waals surface area contributed by atoms with Gasteiger partial charge in [-0.25, -0.2) is 0 Å². The van der Waals surface area contributed by atoms with Crippen LogP contribution in [0.15, 0.2) is 63.0 Å². The van der Waals surface area contributed by atoms with Crippen molar-refractivity contribution in [1.29, 1.82) is 0 Å². The van der Waals surface area contributed by atoms with Gasteiger partial charge < -0.3 is 14.3 Å². The number of amides is 1. The van der Waals surface area contributed by atoms with E-state index < -0.39 is 0 Å². The maximum Gasteiger partial charge on any atom is 0.291 e. The number of rotatable bonds is 4. The monoisotopic (exact) mass is 371 g/mol. The lowest BCUT2D eigenvalue weighted by atomic mass is 10.2. The van der Waals surface area contributed by atoms with Gasteiger partial charge in [-0.15, -0.1) is 11.3 Å². The molecule has 1 amide bonds. The summed E-state index contributed by atoms with van der Waals surface area (Å²) >= 11 is 7.28. The number of halogens is 1. The van der Waals surface area contributed by atoms with Gasteiger partial charge in [0.2, 0.25) is 5.82 Å². The van der Waals surface area contributed by atoms with E-state index in [0.717, 1.165) is 5.56 Å². The lowest BCUT2D eigenvalue weighted by molar-refractivity contribution is 0.0997. The van der Waals surface area contributed by atoms with Crippen LogP contribution in [0.3, 0.4) is 0 Å². The smallest absolute Gasteiger partial charge is 0.291 e. The average Bonchev–Trinajstić information content (AvgIpc) is 3.36. The third kappa shape index (κ3) is 3.19. The molecule has 0 aliphatic heterocycles. The normalized spacial score (nSPS) is 10.8. The van der Waals surface area contributed by atoms with Crippen molar-refractivity contribution in [2.24, 2.45) is 0 Å². The van der Waals surface area contributed by atoms with E-state index in [1.54, 1.807) is 30.3 Å². The molecule has 0 fully saturated rings. The summed E-state index contributed by atoms with van der Waals surface area (Å²) in [5.74, 6) is 0.657. The van der Waals surface area contributed by atoms with Crippen LogP contribution in [0.2, 0.25) is 5.02 Å². The van der Waals surface area contributed by atoms with Gasteiger partial charge in [-0.3, -0.25) is 4.79 Å². The molecule has 124 valence electrons. The van der Waals surface area contributed by atoms with E-state index in [9.17, 15) is 4.79 Å².